The van der Waals surface area contributed by atoms with Crippen LogP contribution < -0.4 is 5.32 Å². The van der Waals surface area contributed by atoms with Gasteiger partial charge in [-0.25, -0.2) is 9.37 Å². The fourth-order valence-corrected chi connectivity index (χ4v) is 3.21. The Kier molecular flexibility index (Phi) is 4.38. The molecule has 0 saturated heterocycles. The van der Waals surface area contributed by atoms with Crippen LogP contribution in [0.4, 0.5) is 16.0 Å². The topological polar surface area (TPSA) is 42.7 Å². The minimum Gasteiger partial charge on any atom is -0.324 e. The molecular weight excluding hydrogens is 419 g/mol. The lowest BCUT2D eigenvalue weighted by Gasteiger charge is -2.10. The van der Waals surface area contributed by atoms with Crippen LogP contribution in [-0.4, -0.2) is 14.5 Å². The highest BCUT2D eigenvalue weighted by atomic mass is 79.9. The molecule has 26 heavy (non-hydrogen) atoms. The Morgan fingerprint density at radius 3 is 2.81 bits per heavy atom. The normalized spacial score (nSPS) is 11.1. The van der Waals surface area contributed by atoms with Gasteiger partial charge < -0.3 is 9.88 Å². The second-order valence-electron chi connectivity index (χ2n) is 5.84. The van der Waals surface area contributed by atoms with E-state index in [1.54, 1.807) is 18.3 Å². The van der Waals surface area contributed by atoms with Gasteiger partial charge in [0.1, 0.15) is 11.5 Å². The molecule has 4 rings (SSSR count). The first-order valence-corrected chi connectivity index (χ1v) is 9.01. The van der Waals surface area contributed by atoms with E-state index in [4.69, 9.17) is 11.6 Å². The SMILES string of the molecule is Cc1ccc(Cl)cc1Nc1ncc2ccn(-c3ccc(F)c(Br)c3)c2n1. The summed E-state index contributed by atoms with van der Waals surface area (Å²) in [6.07, 6.45) is 3.63. The number of rotatable bonds is 3. The Bertz CT molecular complexity index is 1130. The first-order chi connectivity index (χ1) is 12.5. The van der Waals surface area contributed by atoms with Gasteiger partial charge in [0.25, 0.3) is 0 Å². The molecule has 7 heteroatoms. The first-order valence-electron chi connectivity index (χ1n) is 7.84. The van der Waals surface area contributed by atoms with Gasteiger partial charge in [-0.3, -0.25) is 0 Å². The Morgan fingerprint density at radius 2 is 2.00 bits per heavy atom. The minimum atomic E-state index is -0.307. The number of anilines is 2. The molecule has 0 aliphatic heterocycles. The van der Waals surface area contributed by atoms with Crippen LogP contribution in [0.5, 0.6) is 0 Å². The predicted octanol–water partition coefficient (Wildman–Crippen LogP) is 6.03. The number of aromatic nitrogens is 3. The zero-order valence-electron chi connectivity index (χ0n) is 13.7. The first kappa shape index (κ1) is 17.0. The molecule has 130 valence electrons. The van der Waals surface area contributed by atoms with Crippen LogP contribution in [0.3, 0.4) is 0 Å². The lowest BCUT2D eigenvalue weighted by molar-refractivity contribution is 0.620. The number of nitrogens with one attached hydrogen (secondary N) is 1. The molecular formula is C19H13BrClFN4. The Hall–Kier alpha value is -2.44. The number of benzene rings is 2. The Morgan fingerprint density at radius 1 is 1.15 bits per heavy atom. The lowest BCUT2D eigenvalue weighted by Crippen LogP contribution is -2.01. The van der Waals surface area contributed by atoms with E-state index in [2.05, 4.69) is 31.2 Å². The molecule has 1 N–H and O–H groups in total. The van der Waals surface area contributed by atoms with E-state index in [0.29, 0.717) is 15.4 Å². The monoisotopic (exact) mass is 430 g/mol. The highest BCUT2D eigenvalue weighted by Crippen LogP contribution is 2.26. The van der Waals surface area contributed by atoms with Crippen molar-refractivity contribution < 1.29 is 4.39 Å². The van der Waals surface area contributed by atoms with Gasteiger partial charge in [0, 0.05) is 34.2 Å². The smallest absolute Gasteiger partial charge is 0.229 e. The van der Waals surface area contributed by atoms with Crippen molar-refractivity contribution in [3.63, 3.8) is 0 Å². The molecule has 0 aliphatic carbocycles. The van der Waals surface area contributed by atoms with Crippen molar-refractivity contribution >= 4 is 50.2 Å². The molecule has 0 amide bonds. The van der Waals surface area contributed by atoms with Crippen LogP contribution in [0.2, 0.25) is 5.02 Å². The molecule has 4 nitrogen and oxygen atoms in total. The Balaban J connectivity index is 1.77. The van der Waals surface area contributed by atoms with Gasteiger partial charge >= 0.3 is 0 Å². The highest BCUT2D eigenvalue weighted by Gasteiger charge is 2.10. The molecule has 0 atom stereocenters. The lowest BCUT2D eigenvalue weighted by atomic mass is 10.2. The number of aryl methyl sites for hydroxylation is 1. The summed E-state index contributed by atoms with van der Waals surface area (Å²) in [4.78, 5) is 8.98. The quantitative estimate of drug-likeness (QED) is 0.431. The Labute approximate surface area is 162 Å². The molecule has 0 aliphatic rings. The van der Waals surface area contributed by atoms with Gasteiger partial charge in [0.15, 0.2) is 0 Å². The van der Waals surface area contributed by atoms with E-state index >= 15 is 0 Å². The van der Waals surface area contributed by atoms with Crippen LogP contribution in [0.25, 0.3) is 16.7 Å². The molecule has 0 radical (unpaired) electrons. The van der Waals surface area contributed by atoms with Crippen molar-refractivity contribution in [1.29, 1.82) is 0 Å². The van der Waals surface area contributed by atoms with Crippen molar-refractivity contribution in [3.8, 4) is 5.69 Å². The van der Waals surface area contributed by atoms with Gasteiger partial charge in [0.2, 0.25) is 5.95 Å². The number of hydrogen-bond acceptors (Lipinski definition) is 3. The van der Waals surface area contributed by atoms with E-state index in [-0.39, 0.29) is 5.82 Å². The minimum absolute atomic E-state index is 0.307. The summed E-state index contributed by atoms with van der Waals surface area (Å²) >= 11 is 9.30. The van der Waals surface area contributed by atoms with Crippen molar-refractivity contribution in [2.75, 3.05) is 5.32 Å². The average molecular weight is 432 g/mol. The molecule has 0 unspecified atom stereocenters. The predicted molar refractivity (Wildman–Crippen MR) is 106 cm³/mol. The largest absolute Gasteiger partial charge is 0.324 e. The fraction of sp³-hybridized carbons (Fsp3) is 0.0526. The zero-order chi connectivity index (χ0) is 18.3. The highest BCUT2D eigenvalue weighted by molar-refractivity contribution is 9.10. The van der Waals surface area contributed by atoms with Crippen molar-refractivity contribution in [2.45, 2.75) is 6.92 Å². The van der Waals surface area contributed by atoms with E-state index < -0.39 is 0 Å². The summed E-state index contributed by atoms with van der Waals surface area (Å²) in [5, 5.41) is 4.73. The van der Waals surface area contributed by atoms with E-state index in [1.165, 1.54) is 6.07 Å². The average Bonchev–Trinajstić information content (AvgIpc) is 3.04. The third kappa shape index (κ3) is 3.18. The third-order valence-electron chi connectivity index (χ3n) is 4.05. The van der Waals surface area contributed by atoms with Gasteiger partial charge in [0.05, 0.1) is 4.47 Å². The van der Waals surface area contributed by atoms with Crippen LogP contribution in [0.1, 0.15) is 5.56 Å². The maximum atomic E-state index is 13.5. The number of hydrogen-bond donors (Lipinski definition) is 1. The summed E-state index contributed by atoms with van der Waals surface area (Å²) in [5.74, 6) is 0.155. The van der Waals surface area contributed by atoms with Crippen molar-refractivity contribution in [2.24, 2.45) is 0 Å². The molecule has 0 fully saturated rings. The van der Waals surface area contributed by atoms with Crippen LogP contribution in [0.15, 0.2) is 59.3 Å². The molecule has 2 heterocycles. The standard InChI is InChI=1S/C19H13BrClFN4/c1-11-2-3-13(21)8-17(11)24-19-23-10-12-6-7-26(18(12)25-19)14-4-5-16(22)15(20)9-14/h2-10H,1H3,(H,23,24,25). The van der Waals surface area contributed by atoms with Crippen LogP contribution in [-0.2, 0) is 0 Å². The third-order valence-corrected chi connectivity index (χ3v) is 4.90. The molecule has 4 aromatic rings. The summed E-state index contributed by atoms with van der Waals surface area (Å²) < 4.78 is 15.8. The van der Waals surface area contributed by atoms with Gasteiger partial charge in [-0.1, -0.05) is 17.7 Å². The van der Waals surface area contributed by atoms with E-state index in [9.17, 15) is 4.39 Å². The summed E-state index contributed by atoms with van der Waals surface area (Å²) in [5.41, 5.74) is 3.41. The second kappa shape index (κ2) is 6.70. The number of halogens is 3. The zero-order valence-corrected chi connectivity index (χ0v) is 16.0. The second-order valence-corrected chi connectivity index (χ2v) is 7.13. The number of nitrogens with zero attached hydrogens (tertiary/aromatic N) is 3. The van der Waals surface area contributed by atoms with Crippen LogP contribution >= 0.6 is 27.5 Å². The summed E-state index contributed by atoms with van der Waals surface area (Å²) in [7, 11) is 0. The van der Waals surface area contributed by atoms with Crippen molar-refractivity contribution in [1.82, 2.24) is 14.5 Å². The van der Waals surface area contributed by atoms with Crippen LogP contribution in [0, 0.1) is 12.7 Å². The van der Waals surface area contributed by atoms with E-state index in [0.717, 1.165) is 28.0 Å². The maximum Gasteiger partial charge on any atom is 0.229 e. The number of fused-ring (bicyclic) bond motifs is 1. The maximum absolute atomic E-state index is 13.5. The molecule has 0 bridgehead atoms. The van der Waals surface area contributed by atoms with Gasteiger partial charge in [-0.2, -0.15) is 4.98 Å². The fourth-order valence-electron chi connectivity index (χ4n) is 2.67. The summed E-state index contributed by atoms with van der Waals surface area (Å²) in [6.45, 7) is 1.98. The van der Waals surface area contributed by atoms with Crippen molar-refractivity contribution in [3.05, 3.63) is 75.7 Å². The molecule has 0 spiro atoms. The molecule has 2 aromatic carbocycles. The van der Waals surface area contributed by atoms with E-state index in [1.807, 2.05) is 42.0 Å². The summed E-state index contributed by atoms with van der Waals surface area (Å²) in [6, 6.07) is 12.4. The van der Waals surface area contributed by atoms with Gasteiger partial charge in [-0.05, 0) is 64.8 Å². The molecule has 0 saturated carbocycles. The van der Waals surface area contributed by atoms with Gasteiger partial charge in [-0.15, -0.1) is 0 Å². The molecule has 2 aromatic heterocycles.